The van der Waals surface area contributed by atoms with Gasteiger partial charge < -0.3 is 4.74 Å². The molecule has 2 aromatic rings. The number of aromatic nitrogens is 2. The summed E-state index contributed by atoms with van der Waals surface area (Å²) in [6, 6.07) is 8.28. The molecule has 0 amide bonds. The summed E-state index contributed by atoms with van der Waals surface area (Å²) in [6.07, 6.45) is 24.0. The van der Waals surface area contributed by atoms with Crippen LogP contribution in [0.2, 0.25) is 0 Å². The molecular formula is C30H46N2O. The number of hydrogen-bond donors (Lipinski definition) is 0. The fraction of sp³-hybridized carbons (Fsp3) is 0.667. The molecule has 0 aliphatic heterocycles. The monoisotopic (exact) mass is 450 g/mol. The number of rotatable bonds is 15. The standard InChI is InChI=1S/C30H46N2O/c1-3-5-7-9-13-25-23-31-30(32-24-25)28-18-20-29(21-19-28)33-22-12-17-27-16-11-10-15-26(27)14-8-6-4-2/h18-21,23-24,26-27H,3-17,22H2,1-2H3. The third-order valence-electron chi connectivity index (χ3n) is 7.37. The van der Waals surface area contributed by atoms with E-state index in [4.69, 9.17) is 4.74 Å². The maximum Gasteiger partial charge on any atom is 0.159 e. The average molecular weight is 451 g/mol. The van der Waals surface area contributed by atoms with Crippen LogP contribution < -0.4 is 4.74 Å². The highest BCUT2D eigenvalue weighted by Gasteiger charge is 2.24. The van der Waals surface area contributed by atoms with Gasteiger partial charge in [0.1, 0.15) is 5.75 Å². The zero-order chi connectivity index (χ0) is 23.1. The Balaban J connectivity index is 1.38. The molecule has 2 unspecified atom stereocenters. The highest BCUT2D eigenvalue weighted by atomic mass is 16.5. The number of ether oxygens (including phenoxy) is 1. The largest absolute Gasteiger partial charge is 0.494 e. The maximum atomic E-state index is 6.06. The summed E-state index contributed by atoms with van der Waals surface area (Å²) in [4.78, 5) is 9.17. The zero-order valence-electron chi connectivity index (χ0n) is 21.2. The molecule has 0 saturated heterocycles. The normalized spacial score (nSPS) is 18.4. The van der Waals surface area contributed by atoms with E-state index in [9.17, 15) is 0 Å². The van der Waals surface area contributed by atoms with Crippen LogP contribution in [0.15, 0.2) is 36.7 Å². The van der Waals surface area contributed by atoms with Crippen LogP contribution in [-0.4, -0.2) is 16.6 Å². The Morgan fingerprint density at radius 1 is 0.758 bits per heavy atom. The number of unbranched alkanes of at least 4 members (excludes halogenated alkanes) is 5. The van der Waals surface area contributed by atoms with Crippen LogP contribution in [0, 0.1) is 11.8 Å². The summed E-state index contributed by atoms with van der Waals surface area (Å²) in [5, 5.41) is 0. The first kappa shape index (κ1) is 25.7. The van der Waals surface area contributed by atoms with Crippen LogP contribution >= 0.6 is 0 Å². The average Bonchev–Trinajstić information content (AvgIpc) is 2.86. The summed E-state index contributed by atoms with van der Waals surface area (Å²) in [7, 11) is 0. The maximum absolute atomic E-state index is 6.06. The van der Waals surface area contributed by atoms with Gasteiger partial charge in [0.05, 0.1) is 6.61 Å². The van der Waals surface area contributed by atoms with Gasteiger partial charge >= 0.3 is 0 Å². The number of aryl methyl sites for hydroxylation is 1. The topological polar surface area (TPSA) is 35.0 Å². The molecule has 1 aliphatic rings. The number of nitrogens with zero attached hydrogens (tertiary/aromatic N) is 2. The van der Waals surface area contributed by atoms with Crippen LogP contribution in [0.4, 0.5) is 0 Å². The predicted molar refractivity (Wildman–Crippen MR) is 140 cm³/mol. The molecular weight excluding hydrogens is 404 g/mol. The van der Waals surface area contributed by atoms with Gasteiger partial charge in [-0.1, -0.05) is 84.5 Å². The lowest BCUT2D eigenvalue weighted by Gasteiger charge is -2.31. The van der Waals surface area contributed by atoms with Gasteiger partial charge in [0, 0.05) is 18.0 Å². The molecule has 3 nitrogen and oxygen atoms in total. The molecule has 1 heterocycles. The molecule has 1 fully saturated rings. The van der Waals surface area contributed by atoms with E-state index in [-0.39, 0.29) is 0 Å². The second-order valence-corrected chi connectivity index (χ2v) is 10.0. The van der Waals surface area contributed by atoms with E-state index in [0.717, 1.165) is 42.0 Å². The quantitative estimate of drug-likeness (QED) is 0.254. The lowest BCUT2D eigenvalue weighted by molar-refractivity contribution is 0.190. The van der Waals surface area contributed by atoms with E-state index in [2.05, 4.69) is 48.1 Å². The minimum atomic E-state index is 0.797. The van der Waals surface area contributed by atoms with Crippen molar-refractivity contribution in [1.29, 1.82) is 0 Å². The molecule has 1 aromatic heterocycles. The van der Waals surface area contributed by atoms with Gasteiger partial charge in [0.25, 0.3) is 0 Å². The van der Waals surface area contributed by atoms with Crippen molar-refractivity contribution in [3.63, 3.8) is 0 Å². The molecule has 0 bridgehead atoms. The van der Waals surface area contributed by atoms with E-state index < -0.39 is 0 Å². The highest BCUT2D eigenvalue weighted by molar-refractivity contribution is 5.55. The Morgan fingerprint density at radius 2 is 1.39 bits per heavy atom. The summed E-state index contributed by atoms with van der Waals surface area (Å²) in [5.74, 6) is 3.64. The molecule has 0 spiro atoms. The van der Waals surface area contributed by atoms with Gasteiger partial charge in [-0.05, 0) is 67.3 Å². The van der Waals surface area contributed by atoms with Gasteiger partial charge in [0.15, 0.2) is 5.82 Å². The predicted octanol–water partition coefficient (Wildman–Crippen LogP) is 8.81. The lowest BCUT2D eigenvalue weighted by atomic mass is 9.74. The fourth-order valence-corrected chi connectivity index (χ4v) is 5.33. The molecule has 1 aliphatic carbocycles. The minimum Gasteiger partial charge on any atom is -0.494 e. The summed E-state index contributed by atoms with van der Waals surface area (Å²) in [5.41, 5.74) is 2.29. The highest BCUT2D eigenvalue weighted by Crippen LogP contribution is 2.36. The smallest absolute Gasteiger partial charge is 0.159 e. The van der Waals surface area contributed by atoms with Crippen molar-refractivity contribution in [3.8, 4) is 17.1 Å². The molecule has 182 valence electrons. The van der Waals surface area contributed by atoms with Crippen molar-refractivity contribution >= 4 is 0 Å². The van der Waals surface area contributed by atoms with Crippen LogP contribution in [-0.2, 0) is 6.42 Å². The van der Waals surface area contributed by atoms with Gasteiger partial charge in [-0.25, -0.2) is 9.97 Å². The number of hydrogen-bond acceptors (Lipinski definition) is 3. The lowest BCUT2D eigenvalue weighted by Crippen LogP contribution is -2.20. The minimum absolute atomic E-state index is 0.797. The van der Waals surface area contributed by atoms with E-state index in [1.807, 2.05) is 12.4 Å². The van der Waals surface area contributed by atoms with Crippen LogP contribution in [0.5, 0.6) is 5.75 Å². The zero-order valence-corrected chi connectivity index (χ0v) is 21.2. The van der Waals surface area contributed by atoms with Crippen molar-refractivity contribution in [2.75, 3.05) is 6.61 Å². The Hall–Kier alpha value is -1.90. The van der Waals surface area contributed by atoms with Gasteiger partial charge in [0.2, 0.25) is 0 Å². The summed E-state index contributed by atoms with van der Waals surface area (Å²) >= 11 is 0. The molecule has 1 saturated carbocycles. The molecule has 1 aromatic carbocycles. The second-order valence-electron chi connectivity index (χ2n) is 10.0. The molecule has 33 heavy (non-hydrogen) atoms. The third kappa shape index (κ3) is 9.10. The Morgan fingerprint density at radius 3 is 2.06 bits per heavy atom. The van der Waals surface area contributed by atoms with Gasteiger partial charge in [-0.15, -0.1) is 0 Å². The fourth-order valence-electron chi connectivity index (χ4n) is 5.33. The molecule has 0 radical (unpaired) electrons. The summed E-state index contributed by atoms with van der Waals surface area (Å²) in [6.45, 7) is 5.37. The van der Waals surface area contributed by atoms with Crippen molar-refractivity contribution in [2.45, 2.75) is 110 Å². The Labute approximate surface area is 202 Å². The van der Waals surface area contributed by atoms with Crippen molar-refractivity contribution in [3.05, 3.63) is 42.2 Å². The van der Waals surface area contributed by atoms with Gasteiger partial charge in [-0.3, -0.25) is 0 Å². The van der Waals surface area contributed by atoms with Crippen LogP contribution in [0.3, 0.4) is 0 Å². The Bertz CT molecular complexity index is 756. The van der Waals surface area contributed by atoms with Crippen LogP contribution in [0.25, 0.3) is 11.4 Å². The Kier molecular flexibility index (Phi) is 11.8. The van der Waals surface area contributed by atoms with E-state index in [1.165, 1.54) is 95.5 Å². The molecule has 0 N–H and O–H groups in total. The first-order valence-electron chi connectivity index (χ1n) is 13.8. The van der Waals surface area contributed by atoms with E-state index in [1.54, 1.807) is 0 Å². The van der Waals surface area contributed by atoms with Gasteiger partial charge in [-0.2, -0.15) is 0 Å². The molecule has 3 rings (SSSR count). The summed E-state index contributed by atoms with van der Waals surface area (Å²) < 4.78 is 6.06. The second kappa shape index (κ2) is 15.1. The van der Waals surface area contributed by atoms with Crippen molar-refractivity contribution < 1.29 is 4.74 Å². The first-order valence-corrected chi connectivity index (χ1v) is 13.8. The SMILES string of the molecule is CCCCCCc1cnc(-c2ccc(OCCCC3CCCCC3CCCCC)cc2)nc1. The molecule has 2 atom stereocenters. The third-order valence-corrected chi connectivity index (χ3v) is 7.37. The molecule has 3 heteroatoms. The first-order chi connectivity index (χ1) is 16.3. The van der Waals surface area contributed by atoms with Crippen molar-refractivity contribution in [1.82, 2.24) is 9.97 Å². The van der Waals surface area contributed by atoms with Crippen LogP contribution in [0.1, 0.15) is 109 Å². The number of benzene rings is 1. The van der Waals surface area contributed by atoms with E-state index in [0.29, 0.717) is 0 Å². The van der Waals surface area contributed by atoms with Crippen molar-refractivity contribution in [2.24, 2.45) is 11.8 Å². The van der Waals surface area contributed by atoms with E-state index >= 15 is 0 Å².